The summed E-state index contributed by atoms with van der Waals surface area (Å²) in [5, 5.41) is 0. The molecule has 0 radical (unpaired) electrons. The summed E-state index contributed by atoms with van der Waals surface area (Å²) in [6.45, 7) is -0.0718. The highest BCUT2D eigenvalue weighted by Crippen LogP contribution is 2.38. The van der Waals surface area contributed by atoms with Gasteiger partial charge in [-0.05, 0) is 11.4 Å². The summed E-state index contributed by atoms with van der Waals surface area (Å²) in [5.74, 6) is 0. The second-order valence-corrected chi connectivity index (χ2v) is 1.98. The predicted octanol–water partition coefficient (Wildman–Crippen LogP) is 2.47. The molecule has 1 nitrogen and oxygen atoms in total. The van der Waals surface area contributed by atoms with Gasteiger partial charge in [0, 0.05) is 0 Å². The first-order chi connectivity index (χ1) is 4.75. The van der Waals surface area contributed by atoms with Crippen LogP contribution in [0, 0.1) is 0 Å². The van der Waals surface area contributed by atoms with E-state index in [0.29, 0.717) is 0 Å². The topological polar surface area (TPSA) is 9.23 Å². The minimum atomic E-state index is -5.42. The molecule has 1 unspecified atom stereocenters. The molecule has 11 heavy (non-hydrogen) atoms. The summed E-state index contributed by atoms with van der Waals surface area (Å²) in [6, 6.07) is 0. The third-order valence-corrected chi connectivity index (χ3v) is 1.14. The van der Waals surface area contributed by atoms with Crippen LogP contribution >= 0.6 is 0 Å². The van der Waals surface area contributed by atoms with Crippen molar-refractivity contribution in [1.29, 1.82) is 0 Å². The summed E-state index contributed by atoms with van der Waals surface area (Å²) in [5.41, 5.74) is -4.02. The Morgan fingerprint density at radius 1 is 1.18 bits per heavy atom. The fourth-order valence-corrected chi connectivity index (χ4v) is 0.201. The van der Waals surface area contributed by atoms with E-state index in [2.05, 4.69) is 4.94 Å². The van der Waals surface area contributed by atoms with Crippen LogP contribution in [-0.2, 0) is 4.94 Å². The Morgan fingerprint density at radius 3 is 1.55 bits per heavy atom. The maximum atomic E-state index is 11.5. The third-order valence-electron chi connectivity index (χ3n) is 1.14. The first-order valence-electron chi connectivity index (χ1n) is 2.40. The number of hydrogen-bond donors (Lipinski definition) is 0. The molecule has 0 aliphatic heterocycles. The zero-order chi connectivity index (χ0) is 9.28. The van der Waals surface area contributed by atoms with Gasteiger partial charge < -0.3 is 0 Å². The van der Waals surface area contributed by atoms with Crippen molar-refractivity contribution in [2.75, 3.05) is 0 Å². The molecule has 0 aromatic heterocycles. The molecule has 0 amide bonds. The third kappa shape index (κ3) is 1.76. The number of halogens is 6. The van der Waals surface area contributed by atoms with E-state index < -0.39 is 18.2 Å². The fraction of sp³-hybridized carbons (Fsp3) is 1.00. The van der Waals surface area contributed by atoms with Crippen LogP contribution in [0.15, 0.2) is 0 Å². The lowest BCUT2D eigenvalue weighted by molar-refractivity contribution is -0.375. The van der Waals surface area contributed by atoms with Gasteiger partial charge in [0.25, 0.3) is 12.0 Å². The maximum absolute atomic E-state index is 11.5. The number of rotatable bonds is 2. The van der Waals surface area contributed by atoms with E-state index in [4.69, 9.17) is 0 Å². The van der Waals surface area contributed by atoms with Gasteiger partial charge in [-0.3, -0.25) is 0 Å². The van der Waals surface area contributed by atoms with Crippen LogP contribution in [0.1, 0.15) is 6.92 Å². The maximum Gasteiger partial charge on any atom is 0.426 e. The van der Waals surface area contributed by atoms with Crippen molar-refractivity contribution in [3.05, 3.63) is 0 Å². The van der Waals surface area contributed by atoms with Crippen LogP contribution < -0.4 is 0 Å². The fourth-order valence-electron chi connectivity index (χ4n) is 0.201. The highest BCUT2D eigenvalue weighted by molar-refractivity contribution is 4.85. The second kappa shape index (κ2) is 2.88. The van der Waals surface area contributed by atoms with Crippen LogP contribution in [0.25, 0.3) is 0 Å². The van der Waals surface area contributed by atoms with Crippen molar-refractivity contribution >= 4 is 0 Å². The summed E-state index contributed by atoms with van der Waals surface area (Å²) < 4.78 is 68.6. The van der Waals surface area contributed by atoms with E-state index in [9.17, 15) is 26.5 Å². The molecule has 0 aromatic carbocycles. The molecule has 0 bridgehead atoms. The molecule has 0 fully saturated rings. The lowest BCUT2D eigenvalue weighted by atomic mass is 10.1. The first kappa shape index (κ1) is 10.5. The standard InChI is InChI=1S/C4H4F6O/c1-3(11-10,2(5)6)4(7,8)9/h2H,1H3. The Hall–Kier alpha value is -0.460. The Bertz CT molecular complexity index is 131. The van der Waals surface area contributed by atoms with E-state index in [1.54, 1.807) is 0 Å². The summed E-state index contributed by atoms with van der Waals surface area (Å²) >= 11 is 0. The van der Waals surface area contributed by atoms with E-state index in [1.807, 2.05) is 0 Å². The predicted molar refractivity (Wildman–Crippen MR) is 22.7 cm³/mol. The van der Waals surface area contributed by atoms with Crippen LogP contribution in [0.5, 0.6) is 0 Å². The minimum Gasteiger partial charge on any atom is -0.207 e. The van der Waals surface area contributed by atoms with Gasteiger partial charge in [-0.2, -0.15) is 18.1 Å². The molecule has 0 spiro atoms. The molecule has 1 atom stereocenters. The van der Waals surface area contributed by atoms with Gasteiger partial charge in [0.1, 0.15) is 0 Å². The van der Waals surface area contributed by atoms with Gasteiger partial charge in [0.15, 0.2) is 0 Å². The first-order valence-corrected chi connectivity index (χ1v) is 2.40. The Morgan fingerprint density at radius 2 is 1.55 bits per heavy atom. The molecular formula is C4H4F6O. The number of alkyl halides is 5. The largest absolute Gasteiger partial charge is 0.426 e. The SMILES string of the molecule is CC(OF)(C(F)F)C(F)(F)F. The molecule has 0 heterocycles. The van der Waals surface area contributed by atoms with Crippen molar-refractivity contribution < 1.29 is 31.4 Å². The van der Waals surface area contributed by atoms with Crippen molar-refractivity contribution in [3.63, 3.8) is 0 Å². The number of hydrogen-bond acceptors (Lipinski definition) is 1. The smallest absolute Gasteiger partial charge is 0.207 e. The molecule has 0 N–H and O–H groups in total. The van der Waals surface area contributed by atoms with E-state index >= 15 is 0 Å². The molecule has 0 aromatic rings. The Kier molecular flexibility index (Phi) is 2.76. The van der Waals surface area contributed by atoms with Gasteiger partial charge in [-0.25, -0.2) is 8.78 Å². The lowest BCUT2D eigenvalue weighted by Gasteiger charge is -2.25. The molecule has 0 rings (SSSR count). The molecule has 68 valence electrons. The van der Waals surface area contributed by atoms with E-state index in [-0.39, 0.29) is 6.92 Å². The van der Waals surface area contributed by atoms with Gasteiger partial charge in [0.05, 0.1) is 0 Å². The summed E-state index contributed by atoms with van der Waals surface area (Å²) in [7, 11) is 0. The van der Waals surface area contributed by atoms with E-state index in [1.165, 1.54) is 0 Å². The van der Waals surface area contributed by atoms with E-state index in [0.717, 1.165) is 0 Å². The molecular weight excluding hydrogens is 178 g/mol. The molecule has 0 aliphatic rings. The average Bonchev–Trinajstić information content (AvgIpc) is 1.83. The van der Waals surface area contributed by atoms with Crippen LogP contribution in [0.3, 0.4) is 0 Å². The molecule has 0 aliphatic carbocycles. The van der Waals surface area contributed by atoms with Gasteiger partial charge in [-0.1, -0.05) is 0 Å². The van der Waals surface area contributed by atoms with Crippen molar-refractivity contribution in [3.8, 4) is 0 Å². The normalized spacial score (nSPS) is 18.5. The van der Waals surface area contributed by atoms with Gasteiger partial charge in [0.2, 0.25) is 0 Å². The van der Waals surface area contributed by atoms with Gasteiger partial charge in [-0.15, -0.1) is 0 Å². The van der Waals surface area contributed by atoms with Gasteiger partial charge >= 0.3 is 6.18 Å². The zero-order valence-corrected chi connectivity index (χ0v) is 5.25. The highest BCUT2D eigenvalue weighted by Gasteiger charge is 2.60. The Labute approximate surface area is 57.8 Å². The molecule has 0 saturated carbocycles. The quantitative estimate of drug-likeness (QED) is 0.596. The minimum absolute atomic E-state index is 0.0718. The summed E-state index contributed by atoms with van der Waals surface area (Å²) in [6.07, 6.45) is -9.37. The van der Waals surface area contributed by atoms with Crippen LogP contribution in [-0.4, -0.2) is 18.2 Å². The lowest BCUT2D eigenvalue weighted by Crippen LogP contribution is -2.49. The van der Waals surface area contributed by atoms with Crippen LogP contribution in [0.4, 0.5) is 26.5 Å². The van der Waals surface area contributed by atoms with Crippen molar-refractivity contribution in [1.82, 2.24) is 0 Å². The van der Waals surface area contributed by atoms with Crippen LogP contribution in [0.2, 0.25) is 0 Å². The molecule has 0 saturated heterocycles. The van der Waals surface area contributed by atoms with Crippen molar-refractivity contribution in [2.45, 2.75) is 25.1 Å². The molecule has 7 heteroatoms. The zero-order valence-electron chi connectivity index (χ0n) is 5.25. The second-order valence-electron chi connectivity index (χ2n) is 1.98. The summed E-state index contributed by atoms with van der Waals surface area (Å²) in [4.78, 5) is 2.19. The average molecular weight is 182 g/mol. The monoisotopic (exact) mass is 182 g/mol. The van der Waals surface area contributed by atoms with Crippen molar-refractivity contribution in [2.24, 2.45) is 0 Å². The Balaban J connectivity index is 4.61. The highest BCUT2D eigenvalue weighted by atomic mass is 19.4.